The van der Waals surface area contributed by atoms with Crippen LogP contribution >= 0.6 is 7.60 Å². The Labute approximate surface area is 212 Å². The molecule has 2 atom stereocenters. The Morgan fingerprint density at radius 3 is 1.97 bits per heavy atom. The van der Waals surface area contributed by atoms with Crippen LogP contribution in [0.15, 0.2) is 91.0 Å². The van der Waals surface area contributed by atoms with Crippen molar-refractivity contribution in [2.45, 2.75) is 38.6 Å². The largest absolute Gasteiger partial charge is 0.461 e. The fourth-order valence-corrected chi connectivity index (χ4v) is 5.36. The Hall–Kier alpha value is -3.25. The van der Waals surface area contributed by atoms with Gasteiger partial charge in [0.2, 0.25) is 5.91 Å². The van der Waals surface area contributed by atoms with E-state index in [9.17, 15) is 14.2 Å². The summed E-state index contributed by atoms with van der Waals surface area (Å²) >= 11 is 0. The molecule has 1 unspecified atom stereocenters. The molecular formula is C28H32NO6P. The lowest BCUT2D eigenvalue weighted by Crippen LogP contribution is -2.38. The number of esters is 1. The third-order valence-corrected chi connectivity index (χ3v) is 7.24. The van der Waals surface area contributed by atoms with E-state index < -0.39 is 25.6 Å². The van der Waals surface area contributed by atoms with E-state index in [1.54, 1.807) is 6.92 Å². The maximum atomic E-state index is 13.6. The molecule has 3 rings (SSSR count). The molecule has 190 valence electrons. The van der Waals surface area contributed by atoms with Gasteiger partial charge in [0.1, 0.15) is 12.7 Å². The van der Waals surface area contributed by atoms with Gasteiger partial charge in [0.05, 0.1) is 19.2 Å². The fraction of sp³-hybridized carbons (Fsp3) is 0.286. The second kappa shape index (κ2) is 14.3. The summed E-state index contributed by atoms with van der Waals surface area (Å²) in [4.78, 5) is 25.2. The van der Waals surface area contributed by atoms with Gasteiger partial charge in [-0.3, -0.25) is 18.7 Å². The molecule has 1 amide bonds. The molecule has 0 spiro atoms. The fourth-order valence-electron chi connectivity index (χ4n) is 3.53. The monoisotopic (exact) mass is 509 g/mol. The van der Waals surface area contributed by atoms with Crippen LogP contribution in [0.1, 0.15) is 30.0 Å². The van der Waals surface area contributed by atoms with Crippen molar-refractivity contribution in [3.8, 4) is 0 Å². The van der Waals surface area contributed by atoms with Crippen molar-refractivity contribution >= 4 is 19.5 Å². The van der Waals surface area contributed by atoms with Gasteiger partial charge < -0.3 is 14.6 Å². The lowest BCUT2D eigenvalue weighted by molar-refractivity contribution is -0.144. The van der Waals surface area contributed by atoms with Crippen LogP contribution in [0.2, 0.25) is 0 Å². The van der Waals surface area contributed by atoms with Crippen molar-refractivity contribution in [3.05, 3.63) is 108 Å². The van der Waals surface area contributed by atoms with Crippen LogP contribution in [0.5, 0.6) is 0 Å². The summed E-state index contributed by atoms with van der Waals surface area (Å²) in [6.07, 6.45) is -0.805. The third-order valence-electron chi connectivity index (χ3n) is 5.26. The summed E-state index contributed by atoms with van der Waals surface area (Å²) < 4.78 is 30.3. The zero-order valence-electron chi connectivity index (χ0n) is 20.4. The normalized spacial score (nSPS) is 13.4. The lowest BCUT2D eigenvalue weighted by atomic mass is 10.1. The molecule has 7 nitrogen and oxygen atoms in total. The number of rotatable bonds is 14. The second-order valence-electron chi connectivity index (χ2n) is 8.14. The van der Waals surface area contributed by atoms with Gasteiger partial charge in [-0.1, -0.05) is 91.0 Å². The SMILES string of the molecule is CCOP(=O)(Cc1ccccc1)O[C@@H](Cc1ccccc1)C(=O)NCCC(=O)OCc1ccccc1. The van der Waals surface area contributed by atoms with Gasteiger partial charge in [-0.05, 0) is 23.6 Å². The van der Waals surface area contributed by atoms with Crippen LogP contribution in [0, 0.1) is 0 Å². The minimum atomic E-state index is -3.64. The molecule has 1 N–H and O–H groups in total. The molecule has 0 fully saturated rings. The van der Waals surface area contributed by atoms with Gasteiger partial charge in [-0.15, -0.1) is 0 Å². The molecule has 0 bridgehead atoms. The molecule has 8 heteroatoms. The molecule has 0 saturated heterocycles. The summed E-state index contributed by atoms with van der Waals surface area (Å²) in [5.74, 6) is -0.897. The number of hydrogen-bond donors (Lipinski definition) is 1. The Bertz CT molecular complexity index is 1120. The maximum absolute atomic E-state index is 13.6. The number of amides is 1. The number of hydrogen-bond acceptors (Lipinski definition) is 6. The number of ether oxygens (including phenoxy) is 1. The number of carbonyl (C=O) groups excluding carboxylic acids is 2. The molecule has 3 aromatic carbocycles. The average molecular weight is 510 g/mol. The highest BCUT2D eigenvalue weighted by molar-refractivity contribution is 7.53. The molecule has 0 saturated carbocycles. The van der Waals surface area contributed by atoms with E-state index in [0.29, 0.717) is 0 Å². The zero-order valence-corrected chi connectivity index (χ0v) is 21.3. The van der Waals surface area contributed by atoms with Crippen LogP contribution in [0.25, 0.3) is 0 Å². The Balaban J connectivity index is 1.62. The molecule has 0 aliphatic carbocycles. The molecule has 0 aliphatic rings. The first-order valence-corrected chi connectivity index (χ1v) is 13.7. The Morgan fingerprint density at radius 2 is 1.39 bits per heavy atom. The molecule has 0 aromatic heterocycles. The van der Waals surface area contributed by atoms with Gasteiger partial charge in [0.25, 0.3) is 0 Å². The van der Waals surface area contributed by atoms with Gasteiger partial charge in [-0.25, -0.2) is 0 Å². The van der Waals surface area contributed by atoms with Crippen molar-refractivity contribution < 1.29 is 27.9 Å². The van der Waals surface area contributed by atoms with E-state index in [0.717, 1.165) is 16.7 Å². The maximum Gasteiger partial charge on any atom is 0.335 e. The first-order valence-electron chi connectivity index (χ1n) is 11.9. The van der Waals surface area contributed by atoms with E-state index in [-0.39, 0.29) is 38.8 Å². The first kappa shape index (κ1) is 27.3. The van der Waals surface area contributed by atoms with Gasteiger partial charge in [0.15, 0.2) is 0 Å². The summed E-state index contributed by atoms with van der Waals surface area (Å²) in [6, 6.07) is 27.9. The number of nitrogens with one attached hydrogen (secondary N) is 1. The second-order valence-corrected chi connectivity index (χ2v) is 10.2. The molecule has 0 heterocycles. The minimum absolute atomic E-state index is 0.00374. The van der Waals surface area contributed by atoms with Crippen LogP contribution in [0.4, 0.5) is 0 Å². The van der Waals surface area contributed by atoms with Crippen molar-refractivity contribution in [1.29, 1.82) is 0 Å². The van der Waals surface area contributed by atoms with E-state index in [1.165, 1.54) is 0 Å². The van der Waals surface area contributed by atoms with Crippen LogP contribution in [-0.2, 0) is 47.1 Å². The van der Waals surface area contributed by atoms with Gasteiger partial charge in [-0.2, -0.15) is 0 Å². The topological polar surface area (TPSA) is 90.9 Å². The predicted molar refractivity (Wildman–Crippen MR) is 138 cm³/mol. The minimum Gasteiger partial charge on any atom is -0.461 e. The average Bonchev–Trinajstić information content (AvgIpc) is 2.89. The highest BCUT2D eigenvalue weighted by Crippen LogP contribution is 2.52. The molecule has 0 aliphatic heterocycles. The first-order chi connectivity index (χ1) is 17.5. The number of carbonyl (C=O) groups is 2. The van der Waals surface area contributed by atoms with Crippen LogP contribution in [-0.4, -0.2) is 31.1 Å². The van der Waals surface area contributed by atoms with E-state index in [2.05, 4.69) is 5.32 Å². The summed E-state index contributed by atoms with van der Waals surface area (Å²) in [6.45, 7) is 2.15. The highest BCUT2D eigenvalue weighted by atomic mass is 31.2. The third kappa shape index (κ3) is 9.42. The van der Waals surface area contributed by atoms with Gasteiger partial charge >= 0.3 is 13.6 Å². The zero-order chi connectivity index (χ0) is 25.6. The highest BCUT2D eigenvalue weighted by Gasteiger charge is 2.33. The Kier molecular flexibility index (Phi) is 10.9. The molecule has 0 radical (unpaired) electrons. The summed E-state index contributed by atoms with van der Waals surface area (Å²) in [7, 11) is -3.64. The summed E-state index contributed by atoms with van der Waals surface area (Å²) in [5.41, 5.74) is 2.52. The van der Waals surface area contributed by atoms with Crippen molar-refractivity contribution in [2.24, 2.45) is 0 Å². The smallest absolute Gasteiger partial charge is 0.335 e. The quantitative estimate of drug-likeness (QED) is 0.234. The van der Waals surface area contributed by atoms with Crippen molar-refractivity contribution in [2.75, 3.05) is 13.2 Å². The summed E-state index contributed by atoms with van der Waals surface area (Å²) in [5, 5.41) is 2.72. The standard InChI is InChI=1S/C28H32NO6P/c1-2-34-36(32,22-25-16-10-5-11-17-25)35-26(20-23-12-6-3-7-13-23)28(31)29-19-18-27(30)33-21-24-14-8-4-9-15-24/h3-17,26H,2,18-22H2,1H3,(H,29,31)/t26-,36?/m0/s1. The van der Waals surface area contributed by atoms with E-state index >= 15 is 0 Å². The van der Waals surface area contributed by atoms with Crippen LogP contribution in [0.3, 0.4) is 0 Å². The molecule has 36 heavy (non-hydrogen) atoms. The number of benzene rings is 3. The van der Waals surface area contributed by atoms with Crippen molar-refractivity contribution in [1.82, 2.24) is 5.32 Å². The Morgan fingerprint density at radius 1 is 0.833 bits per heavy atom. The lowest BCUT2D eigenvalue weighted by Gasteiger charge is -2.24. The van der Waals surface area contributed by atoms with Gasteiger partial charge in [0, 0.05) is 13.0 Å². The van der Waals surface area contributed by atoms with E-state index in [1.807, 2.05) is 91.0 Å². The van der Waals surface area contributed by atoms with E-state index in [4.69, 9.17) is 13.8 Å². The van der Waals surface area contributed by atoms with Crippen molar-refractivity contribution in [3.63, 3.8) is 0 Å². The predicted octanol–water partition coefficient (Wildman–Crippen LogP) is 5.29. The van der Waals surface area contributed by atoms with Crippen LogP contribution < -0.4 is 5.32 Å². The molecular weight excluding hydrogens is 477 g/mol. The molecule has 3 aromatic rings.